The Bertz CT molecular complexity index is 1050. The van der Waals surface area contributed by atoms with Gasteiger partial charge in [0.2, 0.25) is 0 Å². The zero-order valence-corrected chi connectivity index (χ0v) is 23.4. The molecule has 0 N–H and O–H groups in total. The average molecular weight is 520 g/mol. The highest BCUT2D eigenvalue weighted by Crippen LogP contribution is 2.54. The number of rotatable bonds is 5. The van der Waals surface area contributed by atoms with Crippen molar-refractivity contribution in [3.05, 3.63) is 23.5 Å². The number of allylic oxidation sites excluding steroid dienone is 1. The van der Waals surface area contributed by atoms with E-state index in [-0.39, 0.29) is 28.1 Å². The van der Waals surface area contributed by atoms with E-state index in [0.29, 0.717) is 32.3 Å². The lowest BCUT2D eigenvalue weighted by molar-refractivity contribution is -0.0930. The van der Waals surface area contributed by atoms with Crippen molar-refractivity contribution in [2.45, 2.75) is 59.1 Å². The highest BCUT2D eigenvalue weighted by atomic mass is 32.2. The molecule has 3 aliphatic rings. The molecular formula is C26H41N5O4S. The van der Waals surface area contributed by atoms with Gasteiger partial charge in [0.1, 0.15) is 12.2 Å². The number of likely N-dealkylation sites (tertiary alicyclic amines) is 1. The molecule has 1 atom stereocenters. The second-order valence-electron chi connectivity index (χ2n) is 11.4. The van der Waals surface area contributed by atoms with Gasteiger partial charge in [0, 0.05) is 54.8 Å². The molecule has 3 fully saturated rings. The summed E-state index contributed by atoms with van der Waals surface area (Å²) in [6.45, 7) is 13.5. The van der Waals surface area contributed by atoms with E-state index in [1.807, 2.05) is 44.9 Å². The molecule has 36 heavy (non-hydrogen) atoms. The van der Waals surface area contributed by atoms with E-state index >= 15 is 0 Å². The number of hydrogen-bond donors (Lipinski definition) is 0. The third-order valence-electron chi connectivity index (χ3n) is 7.12. The maximum atomic E-state index is 12.5. The fourth-order valence-electron chi connectivity index (χ4n) is 5.31. The molecule has 0 aromatic carbocycles. The van der Waals surface area contributed by atoms with Crippen LogP contribution in [0.5, 0.6) is 0 Å². The van der Waals surface area contributed by atoms with Gasteiger partial charge in [-0.05, 0) is 53.7 Å². The van der Waals surface area contributed by atoms with Crippen molar-refractivity contribution < 1.29 is 19.1 Å². The van der Waals surface area contributed by atoms with E-state index in [0.717, 1.165) is 48.9 Å². The van der Waals surface area contributed by atoms with Crippen LogP contribution in [0.2, 0.25) is 0 Å². The number of piperazine rings is 1. The van der Waals surface area contributed by atoms with E-state index in [4.69, 9.17) is 14.6 Å². The Hall–Kier alpha value is -2.49. The molecule has 0 radical (unpaired) electrons. The maximum absolute atomic E-state index is 12.5. The standard InChI is InChI=1S/C26H41N5O4S/c1-8-20-16-28(23(32)34-11-12-36(6)7)9-10-30(20)22-13-19(2)31(27-22)21-14-26(15-21)17-29(18-26)24(33)35-25(3,4)5/h8,13,21H,6,9-12,14-18H2,1-5,7H3. The lowest BCUT2D eigenvalue weighted by Gasteiger charge is -2.58. The molecular weight excluding hydrogens is 478 g/mol. The quantitative estimate of drug-likeness (QED) is 0.541. The topological polar surface area (TPSA) is 80.1 Å². The smallest absolute Gasteiger partial charge is 0.410 e. The van der Waals surface area contributed by atoms with E-state index in [1.54, 1.807) is 4.90 Å². The number of aromatic nitrogens is 2. The minimum absolute atomic E-state index is 0.0150. The molecule has 2 aliphatic heterocycles. The normalized spacial score (nSPS) is 21.8. The number of hydrogen-bond acceptors (Lipinski definition) is 6. The molecule has 1 spiro atoms. The van der Waals surface area contributed by atoms with Crippen LogP contribution in [-0.2, 0) is 9.47 Å². The van der Waals surface area contributed by atoms with E-state index in [1.165, 1.54) is 0 Å². The van der Waals surface area contributed by atoms with Crippen LogP contribution < -0.4 is 4.90 Å². The van der Waals surface area contributed by atoms with E-state index in [9.17, 15) is 9.59 Å². The van der Waals surface area contributed by atoms with Gasteiger partial charge in [0.25, 0.3) is 0 Å². The Morgan fingerprint density at radius 3 is 2.53 bits per heavy atom. The third-order valence-corrected chi connectivity index (χ3v) is 7.98. The van der Waals surface area contributed by atoms with Crippen molar-refractivity contribution in [3.8, 4) is 0 Å². The predicted octanol–water partition coefficient (Wildman–Crippen LogP) is 4.26. The van der Waals surface area contributed by atoms with Crippen molar-refractivity contribution in [2.24, 2.45) is 5.41 Å². The van der Waals surface area contributed by atoms with Gasteiger partial charge in [0.15, 0.2) is 5.82 Å². The van der Waals surface area contributed by atoms with Crippen LogP contribution in [-0.4, -0.2) is 94.6 Å². The molecule has 1 aromatic heterocycles. The van der Waals surface area contributed by atoms with Gasteiger partial charge in [-0.1, -0.05) is 11.9 Å². The first-order valence-electron chi connectivity index (χ1n) is 12.7. The van der Waals surface area contributed by atoms with Crippen LogP contribution in [0, 0.1) is 12.3 Å². The molecule has 0 bridgehead atoms. The lowest BCUT2D eigenvalue weighted by Crippen LogP contribution is -2.64. The largest absolute Gasteiger partial charge is 0.449 e. The van der Waals surface area contributed by atoms with Gasteiger partial charge in [-0.2, -0.15) is 15.6 Å². The summed E-state index contributed by atoms with van der Waals surface area (Å²) in [5.74, 6) is 5.68. The molecule has 1 unspecified atom stereocenters. The number of amides is 2. The molecule has 1 saturated carbocycles. The Kier molecular flexibility index (Phi) is 7.46. The van der Waals surface area contributed by atoms with Crippen LogP contribution in [0.25, 0.3) is 0 Å². The zero-order chi connectivity index (χ0) is 26.3. The Balaban J connectivity index is 1.31. The molecule has 2 amide bonds. The maximum Gasteiger partial charge on any atom is 0.410 e. The van der Waals surface area contributed by atoms with Crippen LogP contribution in [0.4, 0.5) is 15.4 Å². The molecule has 1 aromatic rings. The van der Waals surface area contributed by atoms with Gasteiger partial charge in [0.05, 0.1) is 12.6 Å². The van der Waals surface area contributed by atoms with Crippen LogP contribution in [0.15, 0.2) is 17.8 Å². The van der Waals surface area contributed by atoms with Crippen LogP contribution in [0.1, 0.15) is 52.3 Å². The Labute approximate surface area is 217 Å². The monoisotopic (exact) mass is 519 g/mol. The van der Waals surface area contributed by atoms with Gasteiger partial charge >= 0.3 is 12.2 Å². The summed E-state index contributed by atoms with van der Waals surface area (Å²) in [6, 6.07) is 2.48. The van der Waals surface area contributed by atoms with Crippen molar-refractivity contribution in [3.63, 3.8) is 0 Å². The number of nitrogens with zero attached hydrogens (tertiary/aromatic N) is 5. The molecule has 2 saturated heterocycles. The summed E-state index contributed by atoms with van der Waals surface area (Å²) in [7, 11) is 0.0150. The number of anilines is 1. The fraction of sp³-hybridized carbons (Fsp3) is 0.692. The molecule has 10 heteroatoms. The summed E-state index contributed by atoms with van der Waals surface area (Å²) in [4.78, 5) is 30.6. The minimum atomic E-state index is -0.464. The van der Waals surface area contributed by atoms with Crippen LogP contribution in [0.3, 0.4) is 0 Å². The second kappa shape index (κ2) is 10.1. The number of aryl methyl sites for hydroxylation is 1. The summed E-state index contributed by atoms with van der Waals surface area (Å²) in [5, 5.41) is 4.97. The van der Waals surface area contributed by atoms with Crippen LogP contribution >= 0.6 is 10.5 Å². The molecule has 9 nitrogen and oxygen atoms in total. The first kappa shape index (κ1) is 26.6. The SMILES string of the molecule is C=S(C)CCOC(=O)N1CCN(c2cc(C)n(C3CC4(C3)CN(C(=O)OC(C)(C)C)C4)n2)C(=CC)C1. The third kappa shape index (κ3) is 5.74. The Morgan fingerprint density at radius 1 is 1.22 bits per heavy atom. The molecule has 3 heterocycles. The fourth-order valence-corrected chi connectivity index (χ4v) is 5.68. The molecule has 200 valence electrons. The first-order valence-corrected chi connectivity index (χ1v) is 14.7. The predicted molar refractivity (Wildman–Crippen MR) is 145 cm³/mol. The minimum Gasteiger partial charge on any atom is -0.449 e. The van der Waals surface area contributed by atoms with Crippen molar-refractivity contribution in [1.82, 2.24) is 19.6 Å². The van der Waals surface area contributed by atoms with Gasteiger partial charge in [-0.25, -0.2) is 9.59 Å². The number of ether oxygens (including phenoxy) is 2. The average Bonchev–Trinajstić information content (AvgIpc) is 3.10. The van der Waals surface area contributed by atoms with E-state index < -0.39 is 5.60 Å². The zero-order valence-electron chi connectivity index (χ0n) is 22.6. The van der Waals surface area contributed by atoms with Crippen molar-refractivity contribution >= 4 is 34.4 Å². The van der Waals surface area contributed by atoms with Gasteiger partial charge < -0.3 is 24.2 Å². The highest BCUT2D eigenvalue weighted by molar-refractivity contribution is 8.13. The van der Waals surface area contributed by atoms with Crippen molar-refractivity contribution in [2.75, 3.05) is 56.2 Å². The number of carbonyl (C=O) groups is 2. The summed E-state index contributed by atoms with van der Waals surface area (Å²) in [6.07, 6.45) is 5.66. The first-order chi connectivity index (χ1) is 16.9. The van der Waals surface area contributed by atoms with Gasteiger partial charge in [-0.3, -0.25) is 4.68 Å². The summed E-state index contributed by atoms with van der Waals surface area (Å²) < 4.78 is 13.1. The summed E-state index contributed by atoms with van der Waals surface area (Å²) >= 11 is 0. The second-order valence-corrected chi connectivity index (χ2v) is 13.4. The summed E-state index contributed by atoms with van der Waals surface area (Å²) in [5.41, 5.74) is 1.92. The van der Waals surface area contributed by atoms with Gasteiger partial charge in [-0.15, -0.1) is 0 Å². The van der Waals surface area contributed by atoms with E-state index in [2.05, 4.69) is 28.4 Å². The highest BCUT2D eigenvalue weighted by Gasteiger charge is 2.55. The van der Waals surface area contributed by atoms with Crippen molar-refractivity contribution in [1.29, 1.82) is 0 Å². The lowest BCUT2D eigenvalue weighted by atomic mass is 9.61. The molecule has 1 aliphatic carbocycles. The Morgan fingerprint density at radius 2 is 1.92 bits per heavy atom. The number of carbonyl (C=O) groups excluding carboxylic acids is 2. The molecule has 4 rings (SSSR count).